The molecule has 0 aliphatic carbocycles. The third-order valence-corrected chi connectivity index (χ3v) is 5.75. The van der Waals surface area contributed by atoms with Gasteiger partial charge in [0.15, 0.2) is 0 Å². The minimum absolute atomic E-state index is 0.0120. The van der Waals surface area contributed by atoms with Gasteiger partial charge in [0.1, 0.15) is 6.29 Å². The lowest BCUT2D eigenvalue weighted by Gasteiger charge is -2.27. The zero-order chi connectivity index (χ0) is 6.85. The van der Waals surface area contributed by atoms with Crippen molar-refractivity contribution >= 4 is 29.6 Å². The number of hydrogen-bond acceptors (Lipinski definition) is 3. The summed E-state index contributed by atoms with van der Waals surface area (Å²) in [4.78, 5) is 0. The van der Waals surface area contributed by atoms with Crippen molar-refractivity contribution in [2.45, 2.75) is 24.8 Å². The van der Waals surface area contributed by atoms with Gasteiger partial charge in [-0.3, -0.25) is 0 Å². The van der Waals surface area contributed by atoms with Crippen LogP contribution in [0.1, 0.15) is 6.92 Å². The Bertz CT molecular complexity index is 74.8. The highest BCUT2D eigenvalue weighted by Gasteiger charge is 2.34. The smallest absolute Gasteiger partial charge is 0.592 e. The topological polar surface area (TPSA) is 27.7 Å². The van der Waals surface area contributed by atoms with E-state index in [1.807, 2.05) is 18.5 Å². The quantitative estimate of drug-likeness (QED) is 0.486. The summed E-state index contributed by atoms with van der Waals surface area (Å²) in [5, 5.41) is 0. The first kappa shape index (κ1) is 8.05. The Balaban J connectivity index is 2.34. The highest BCUT2D eigenvalue weighted by atomic mass is 27.3. The van der Waals surface area contributed by atoms with Crippen LogP contribution in [0.4, 0.5) is 0 Å². The van der Waals surface area contributed by atoms with Crippen molar-refractivity contribution in [1.82, 2.24) is 0 Å². The molecule has 0 radical (unpaired) electrons. The molecule has 3 nitrogen and oxygen atoms in total. The summed E-state index contributed by atoms with van der Waals surface area (Å²) >= 11 is -2.55. The Kier molecular flexibility index (Phi) is 3.01. The molecule has 0 N–H and O–H groups in total. The lowest BCUT2D eigenvalue weighted by atomic mass is 10.8. The summed E-state index contributed by atoms with van der Waals surface area (Å²) in [6.45, 7) is 1.93. The van der Waals surface area contributed by atoms with Crippen LogP contribution < -0.4 is 0 Å². The summed E-state index contributed by atoms with van der Waals surface area (Å²) < 4.78 is 16.0. The minimum atomic E-state index is -1.27. The van der Waals surface area contributed by atoms with Crippen LogP contribution in [0.25, 0.3) is 0 Å². The fourth-order valence-electron chi connectivity index (χ4n) is 0.906. The molecule has 0 atom stereocenters. The second-order valence-electron chi connectivity index (χ2n) is 2.11. The highest BCUT2D eigenvalue weighted by molar-refractivity contribution is 6.58. The van der Waals surface area contributed by atoms with E-state index in [-0.39, 0.29) is 6.29 Å². The predicted octanol–water partition coefficient (Wildman–Crippen LogP) is 0.632. The molecule has 0 unspecified atom stereocenters. The molecule has 1 heterocycles. The zero-order valence-corrected chi connectivity index (χ0v) is 8.27. The molecule has 1 rings (SSSR count). The first-order valence-electron chi connectivity index (χ1n) is 3.15. The standard InChI is InChI=1S/C2H4O2.2CH3.2Al.O/c1-2(3)4;;;;;/h2H,1H3;2*1H3;;;/q-2;;;2*+1;. The van der Waals surface area contributed by atoms with Gasteiger partial charge in [-0.1, -0.05) is 11.6 Å². The molecule has 0 spiro atoms. The Morgan fingerprint density at radius 3 is 1.89 bits per heavy atom. The Morgan fingerprint density at radius 2 is 1.56 bits per heavy atom. The summed E-state index contributed by atoms with van der Waals surface area (Å²) in [5.41, 5.74) is 0. The Morgan fingerprint density at radius 1 is 1.11 bits per heavy atom. The maximum absolute atomic E-state index is 5.39. The first-order chi connectivity index (χ1) is 4.18. The third-order valence-electron chi connectivity index (χ3n) is 1.15. The third kappa shape index (κ3) is 2.57. The van der Waals surface area contributed by atoms with Gasteiger partial charge >= 0.3 is 29.6 Å². The first-order valence-corrected chi connectivity index (χ1v) is 7.34. The molecule has 9 heavy (non-hydrogen) atoms. The van der Waals surface area contributed by atoms with Gasteiger partial charge in [-0.25, -0.2) is 0 Å². The molecule has 0 bridgehead atoms. The summed E-state index contributed by atoms with van der Waals surface area (Å²) in [7, 11) is 0. The lowest BCUT2D eigenvalue weighted by Crippen LogP contribution is -2.41. The predicted molar refractivity (Wildman–Crippen MR) is 36.0 cm³/mol. The molecule has 1 saturated heterocycles. The van der Waals surface area contributed by atoms with Gasteiger partial charge in [-0.15, -0.1) is 0 Å². The fraction of sp³-hybridized carbons (Fsp3) is 1.00. The van der Waals surface area contributed by atoms with Crippen LogP contribution in [0, 0.1) is 0 Å². The van der Waals surface area contributed by atoms with Crippen molar-refractivity contribution in [1.29, 1.82) is 0 Å². The molecule has 0 aromatic carbocycles. The second-order valence-corrected chi connectivity index (χ2v) is 6.01. The molecule has 0 aromatic heterocycles. The van der Waals surface area contributed by atoms with E-state index >= 15 is 0 Å². The Labute approximate surface area is 65.0 Å². The van der Waals surface area contributed by atoms with Gasteiger partial charge in [0.25, 0.3) is 0 Å². The van der Waals surface area contributed by atoms with E-state index in [1.165, 1.54) is 0 Å². The van der Waals surface area contributed by atoms with Crippen LogP contribution in [0.5, 0.6) is 0 Å². The van der Waals surface area contributed by atoms with Gasteiger partial charge < -0.3 is 10.4 Å². The molecule has 1 aliphatic rings. The van der Waals surface area contributed by atoms with Gasteiger partial charge in [0.2, 0.25) is 0 Å². The molecular formula is C4H10Al2O3. The van der Waals surface area contributed by atoms with Gasteiger partial charge in [-0.05, 0) is 6.92 Å². The van der Waals surface area contributed by atoms with Crippen molar-refractivity contribution in [2.75, 3.05) is 0 Å². The van der Waals surface area contributed by atoms with Crippen LogP contribution in [-0.4, -0.2) is 35.9 Å². The maximum Gasteiger partial charge on any atom is 0.643 e. The molecule has 1 aliphatic heterocycles. The van der Waals surface area contributed by atoms with E-state index < -0.39 is 29.6 Å². The summed E-state index contributed by atoms with van der Waals surface area (Å²) in [5.74, 6) is 4.06. The van der Waals surface area contributed by atoms with Crippen molar-refractivity contribution < 1.29 is 10.4 Å². The number of hydrogen-bond donors (Lipinski definition) is 0. The SMILES string of the molecule is CC1[O][Al]([CH3])[O][Al]([CH3])[O]1. The fourth-order valence-corrected chi connectivity index (χ4v) is 4.91. The average molecular weight is 160 g/mol. The summed E-state index contributed by atoms with van der Waals surface area (Å²) in [6, 6.07) is 0. The van der Waals surface area contributed by atoms with Crippen molar-refractivity contribution in [3.63, 3.8) is 0 Å². The highest BCUT2D eigenvalue weighted by Crippen LogP contribution is 2.08. The summed E-state index contributed by atoms with van der Waals surface area (Å²) in [6.07, 6.45) is -0.0120. The average Bonchev–Trinajstić information content (AvgIpc) is 1.59. The number of rotatable bonds is 0. The van der Waals surface area contributed by atoms with Crippen LogP contribution in [0.2, 0.25) is 11.6 Å². The van der Waals surface area contributed by atoms with Gasteiger partial charge in [0, 0.05) is 0 Å². The van der Waals surface area contributed by atoms with Crippen LogP contribution in [0.3, 0.4) is 0 Å². The van der Waals surface area contributed by atoms with E-state index in [4.69, 9.17) is 10.4 Å². The second kappa shape index (κ2) is 3.37. The van der Waals surface area contributed by atoms with E-state index in [0.717, 1.165) is 0 Å². The van der Waals surface area contributed by atoms with Gasteiger partial charge in [-0.2, -0.15) is 0 Å². The van der Waals surface area contributed by atoms with Crippen molar-refractivity contribution in [3.05, 3.63) is 0 Å². The normalized spacial score (nSPS) is 23.0. The van der Waals surface area contributed by atoms with E-state index in [9.17, 15) is 0 Å². The molecule has 0 saturated carbocycles. The van der Waals surface area contributed by atoms with Crippen molar-refractivity contribution in [3.8, 4) is 0 Å². The minimum Gasteiger partial charge on any atom is -0.592 e. The zero-order valence-electron chi connectivity index (χ0n) is 5.96. The van der Waals surface area contributed by atoms with Crippen LogP contribution in [-0.2, 0) is 10.4 Å². The molecule has 5 heteroatoms. The van der Waals surface area contributed by atoms with E-state index in [1.54, 1.807) is 0 Å². The molecule has 50 valence electrons. The Hall–Kier alpha value is 0.945. The van der Waals surface area contributed by atoms with E-state index in [2.05, 4.69) is 0 Å². The molecule has 0 aromatic rings. The van der Waals surface area contributed by atoms with E-state index in [0.29, 0.717) is 0 Å². The van der Waals surface area contributed by atoms with Gasteiger partial charge in [0.05, 0.1) is 0 Å². The molecular weight excluding hydrogens is 150 g/mol. The van der Waals surface area contributed by atoms with Crippen molar-refractivity contribution in [2.24, 2.45) is 0 Å². The largest absolute Gasteiger partial charge is 0.643 e. The monoisotopic (exact) mass is 160 g/mol. The van der Waals surface area contributed by atoms with Crippen LogP contribution >= 0.6 is 0 Å². The molecule has 1 fully saturated rings. The molecule has 0 amide bonds. The lowest BCUT2D eigenvalue weighted by molar-refractivity contribution is -0.0323. The maximum atomic E-state index is 5.39. The van der Waals surface area contributed by atoms with Crippen LogP contribution in [0.15, 0.2) is 0 Å².